The second-order valence-electron chi connectivity index (χ2n) is 12.3. The monoisotopic (exact) mass is 664 g/mol. The summed E-state index contributed by atoms with van der Waals surface area (Å²) in [6.07, 6.45) is -3.84. The number of halogens is 3. The average Bonchev–Trinajstić information content (AvgIpc) is 3.69. The van der Waals surface area contributed by atoms with Crippen LogP contribution >= 0.6 is 0 Å². The number of benzene rings is 2. The largest absolute Gasteiger partial charge is 0.480 e. The lowest BCUT2D eigenvalue weighted by Gasteiger charge is -2.39. The van der Waals surface area contributed by atoms with E-state index in [1.165, 1.54) is 23.9 Å². The van der Waals surface area contributed by atoms with Crippen molar-refractivity contribution in [1.29, 1.82) is 0 Å². The number of carboxylic acid groups (broad SMARTS) is 1. The molecule has 0 aliphatic carbocycles. The predicted molar refractivity (Wildman–Crippen MR) is 171 cm³/mol. The summed E-state index contributed by atoms with van der Waals surface area (Å²) in [5, 5.41) is 19.4. The molecule has 1 amide bonds. The lowest BCUT2D eigenvalue weighted by molar-refractivity contribution is -0.198. The lowest BCUT2D eigenvalue weighted by Crippen LogP contribution is -2.41. The molecule has 0 saturated carbocycles. The van der Waals surface area contributed by atoms with Crippen LogP contribution in [-0.2, 0) is 4.79 Å². The van der Waals surface area contributed by atoms with Crippen molar-refractivity contribution < 1.29 is 32.6 Å². The summed E-state index contributed by atoms with van der Waals surface area (Å²) in [5.41, 5.74) is 8.10. The second kappa shape index (κ2) is 12.8. The van der Waals surface area contributed by atoms with Gasteiger partial charge in [0, 0.05) is 50.1 Å². The number of aryl methyl sites for hydroxylation is 1. The van der Waals surface area contributed by atoms with Crippen LogP contribution in [0.5, 0.6) is 5.88 Å². The summed E-state index contributed by atoms with van der Waals surface area (Å²) in [5.74, 6) is -1.39. The summed E-state index contributed by atoms with van der Waals surface area (Å²) in [7, 11) is 1.53. The minimum atomic E-state index is -4.86. The molecule has 4 aromatic rings. The van der Waals surface area contributed by atoms with E-state index < -0.39 is 24.3 Å². The molecule has 1 spiro atoms. The second-order valence-corrected chi connectivity index (χ2v) is 12.3. The maximum absolute atomic E-state index is 14.9. The summed E-state index contributed by atoms with van der Waals surface area (Å²) in [6.45, 7) is 3.35. The van der Waals surface area contributed by atoms with Gasteiger partial charge in [0.05, 0.1) is 11.4 Å². The number of aliphatic carboxylic acids is 1. The van der Waals surface area contributed by atoms with Crippen molar-refractivity contribution in [1.82, 2.24) is 30.4 Å². The van der Waals surface area contributed by atoms with Crippen molar-refractivity contribution >= 4 is 23.6 Å². The summed E-state index contributed by atoms with van der Waals surface area (Å²) in [4.78, 5) is 33.6. The molecule has 4 heterocycles. The molecule has 2 fully saturated rings. The molecule has 2 saturated heterocycles. The molecule has 12 nitrogen and oxygen atoms in total. The number of aromatic nitrogens is 4. The van der Waals surface area contributed by atoms with Gasteiger partial charge in [0.25, 0.3) is 5.91 Å². The van der Waals surface area contributed by atoms with E-state index in [9.17, 15) is 27.9 Å². The van der Waals surface area contributed by atoms with E-state index in [0.717, 1.165) is 0 Å². The third kappa shape index (κ3) is 6.76. The lowest BCUT2D eigenvalue weighted by atomic mass is 9.76. The van der Waals surface area contributed by atoms with E-state index in [0.29, 0.717) is 67.1 Å². The molecule has 6 rings (SSSR count). The fraction of sp³-hybridized carbons (Fsp3) is 0.364. The Morgan fingerprint density at radius 3 is 2.40 bits per heavy atom. The topological polar surface area (TPSA) is 161 Å². The number of carboxylic acids is 1. The number of carbonyl (C=O) groups excluding carboxylic acids is 1. The zero-order valence-electron chi connectivity index (χ0n) is 26.3. The van der Waals surface area contributed by atoms with Crippen LogP contribution in [-0.4, -0.2) is 75.6 Å². The number of carbonyl (C=O) groups is 2. The highest BCUT2D eigenvalue weighted by atomic mass is 19.4. The maximum atomic E-state index is 14.9. The van der Waals surface area contributed by atoms with Crippen LogP contribution in [0.2, 0.25) is 0 Å². The predicted octanol–water partition coefficient (Wildman–Crippen LogP) is 4.30. The zero-order chi connectivity index (χ0) is 34.2. The van der Waals surface area contributed by atoms with Gasteiger partial charge in [-0.05, 0) is 67.0 Å². The molecule has 48 heavy (non-hydrogen) atoms. The fourth-order valence-corrected chi connectivity index (χ4v) is 6.41. The third-order valence-corrected chi connectivity index (χ3v) is 9.04. The molecule has 2 aromatic heterocycles. The number of hydrogen-bond acceptors (Lipinski definition) is 9. The highest BCUT2D eigenvalue weighted by molar-refractivity contribution is 5.94. The van der Waals surface area contributed by atoms with Gasteiger partial charge in [0.15, 0.2) is 0 Å². The molecular formula is C33H35F3N8O4. The van der Waals surface area contributed by atoms with Crippen molar-refractivity contribution in [2.75, 3.05) is 37.3 Å². The minimum absolute atomic E-state index is 0.145. The Hall–Kier alpha value is -5.18. The van der Waals surface area contributed by atoms with Gasteiger partial charge >= 0.3 is 12.1 Å². The van der Waals surface area contributed by atoms with Crippen LogP contribution < -0.4 is 26.0 Å². The van der Waals surface area contributed by atoms with Gasteiger partial charge in [-0.15, -0.1) is 0 Å². The van der Waals surface area contributed by atoms with Crippen LogP contribution in [0.25, 0.3) is 16.8 Å². The molecule has 0 radical (unpaired) electrons. The zero-order valence-corrected chi connectivity index (χ0v) is 26.3. The molecule has 2 atom stereocenters. The smallest absolute Gasteiger partial charge is 0.429 e. The van der Waals surface area contributed by atoms with E-state index in [2.05, 4.69) is 25.7 Å². The SMILES string of the molecule is CNC(=O)c1ccc(-c2ccc([C@@H](Oc3cc(N4CCC5(CC4)CNC(C(=O)O)C5)nc(N)n3)C(F)(F)F)c(-n3ccc(C)n3)c2)cc1. The number of hydrogen-bond donors (Lipinski definition) is 4. The third-order valence-electron chi connectivity index (χ3n) is 9.04. The maximum Gasteiger partial charge on any atom is 0.429 e. The van der Waals surface area contributed by atoms with Gasteiger partial charge in [-0.25, -0.2) is 4.68 Å². The highest BCUT2D eigenvalue weighted by Gasteiger charge is 2.46. The number of nitrogens with zero attached hydrogens (tertiary/aromatic N) is 5. The number of ether oxygens (including phenoxy) is 1. The van der Waals surface area contributed by atoms with Crippen LogP contribution in [0.3, 0.4) is 0 Å². The number of rotatable bonds is 8. The Labute approximate surface area is 274 Å². The Balaban J connectivity index is 1.30. The highest BCUT2D eigenvalue weighted by Crippen LogP contribution is 2.42. The van der Waals surface area contributed by atoms with Crippen LogP contribution in [0.15, 0.2) is 60.8 Å². The first-order chi connectivity index (χ1) is 22.8. The molecule has 2 aliphatic heterocycles. The summed E-state index contributed by atoms with van der Waals surface area (Å²) < 4.78 is 51.6. The van der Waals surface area contributed by atoms with Crippen molar-refractivity contribution in [3.05, 3.63) is 77.6 Å². The van der Waals surface area contributed by atoms with Gasteiger partial charge in [-0.1, -0.05) is 24.3 Å². The molecular weight excluding hydrogens is 629 g/mol. The molecule has 2 aromatic carbocycles. The number of alkyl halides is 3. The normalized spacial score (nSPS) is 18.1. The van der Waals surface area contributed by atoms with Crippen LogP contribution in [0.1, 0.15) is 47.0 Å². The number of anilines is 2. The van der Waals surface area contributed by atoms with Crippen molar-refractivity contribution in [3.8, 4) is 22.7 Å². The van der Waals surface area contributed by atoms with Gasteiger partial charge in [-0.3, -0.25) is 9.59 Å². The van der Waals surface area contributed by atoms with E-state index in [4.69, 9.17) is 10.5 Å². The molecule has 0 bridgehead atoms. The number of nitrogens with one attached hydrogen (secondary N) is 2. The van der Waals surface area contributed by atoms with Gasteiger partial charge in [0.2, 0.25) is 17.9 Å². The molecule has 1 unspecified atom stereocenters. The first-order valence-corrected chi connectivity index (χ1v) is 15.4. The van der Waals surface area contributed by atoms with Crippen LogP contribution in [0, 0.1) is 12.3 Å². The number of nitrogen functional groups attached to an aromatic ring is 1. The first-order valence-electron chi connectivity index (χ1n) is 15.4. The molecule has 2 aliphatic rings. The van der Waals surface area contributed by atoms with E-state index in [1.54, 1.807) is 55.6 Å². The number of piperidine rings is 1. The quantitative estimate of drug-likeness (QED) is 0.214. The average molecular weight is 665 g/mol. The molecule has 15 heteroatoms. The number of amides is 1. The van der Waals surface area contributed by atoms with Crippen molar-refractivity contribution in [2.24, 2.45) is 5.41 Å². The van der Waals surface area contributed by atoms with Crippen LogP contribution in [0.4, 0.5) is 24.9 Å². The Morgan fingerprint density at radius 2 is 1.79 bits per heavy atom. The van der Waals surface area contributed by atoms with E-state index >= 15 is 0 Å². The Morgan fingerprint density at radius 1 is 1.08 bits per heavy atom. The first kappa shape index (κ1) is 32.7. The van der Waals surface area contributed by atoms with E-state index in [-0.39, 0.29) is 34.4 Å². The van der Waals surface area contributed by atoms with Gasteiger partial charge in [-0.2, -0.15) is 28.2 Å². The van der Waals surface area contributed by atoms with Crippen molar-refractivity contribution in [2.45, 2.75) is 44.5 Å². The number of nitrogens with two attached hydrogens (primary N) is 1. The Bertz CT molecular complexity index is 1820. The summed E-state index contributed by atoms with van der Waals surface area (Å²) in [6, 6.07) is 13.6. The van der Waals surface area contributed by atoms with Gasteiger partial charge in [0.1, 0.15) is 11.9 Å². The molecule has 5 N–H and O–H groups in total. The van der Waals surface area contributed by atoms with Crippen molar-refractivity contribution in [3.63, 3.8) is 0 Å². The van der Waals surface area contributed by atoms with Gasteiger partial charge < -0.3 is 31.1 Å². The summed E-state index contributed by atoms with van der Waals surface area (Å²) >= 11 is 0. The fourth-order valence-electron chi connectivity index (χ4n) is 6.41. The standard InChI is InChI=1S/C33H35F3N8O4/c1-19-9-12-44(42-19)25-15-22(20-3-5-21(6-4-20)29(45)38-2)7-8-23(25)28(33(34,35)36)48-27-16-26(40-31(37)41-27)43-13-10-32(11-14-43)17-24(30(46)47)39-18-32/h3-9,12,15-16,24,28,39H,10-11,13-14,17-18H2,1-2H3,(H,38,45)(H,46,47)(H2,37,40,41)/t24?,28-/m1/s1. The molecule has 252 valence electrons. The minimum Gasteiger partial charge on any atom is -0.480 e. The Kier molecular flexibility index (Phi) is 8.72. The van der Waals surface area contributed by atoms with E-state index in [1.807, 2.05) is 4.90 Å².